The number of aliphatic hydroxyl groups excluding tert-OH is 1. The fourth-order valence-corrected chi connectivity index (χ4v) is 3.47. The molecule has 0 aromatic heterocycles. The summed E-state index contributed by atoms with van der Waals surface area (Å²) in [7, 11) is 0. The largest absolute Gasteiger partial charge is 0.396 e. The van der Waals surface area contributed by atoms with Crippen LogP contribution < -0.4 is 5.32 Å². The summed E-state index contributed by atoms with van der Waals surface area (Å²) in [6.45, 7) is 7.22. The molecule has 0 amide bonds. The van der Waals surface area contributed by atoms with Gasteiger partial charge in [0.25, 0.3) is 0 Å². The average molecular weight is 289 g/mol. The van der Waals surface area contributed by atoms with Gasteiger partial charge in [-0.25, -0.2) is 0 Å². The number of hydrogen-bond donors (Lipinski definition) is 2. The highest BCUT2D eigenvalue weighted by Gasteiger charge is 2.28. The number of rotatable bonds is 5. The first kappa shape index (κ1) is 16.5. The Hall–Kier alpha value is -0.860. The van der Waals surface area contributed by atoms with Gasteiger partial charge in [-0.3, -0.25) is 0 Å². The molecule has 21 heavy (non-hydrogen) atoms. The van der Waals surface area contributed by atoms with Crippen molar-refractivity contribution in [3.63, 3.8) is 0 Å². The van der Waals surface area contributed by atoms with Gasteiger partial charge in [-0.1, -0.05) is 63.9 Å². The first-order chi connectivity index (χ1) is 9.99. The summed E-state index contributed by atoms with van der Waals surface area (Å²) in [5.41, 5.74) is 1.66. The van der Waals surface area contributed by atoms with E-state index in [9.17, 15) is 5.11 Å². The van der Waals surface area contributed by atoms with Crippen LogP contribution in [0.2, 0.25) is 0 Å². The molecular formula is C19H31NO. The highest BCUT2D eigenvalue weighted by Crippen LogP contribution is 2.32. The summed E-state index contributed by atoms with van der Waals surface area (Å²) < 4.78 is 0. The van der Waals surface area contributed by atoms with E-state index in [2.05, 4.69) is 56.4 Å². The molecule has 1 aliphatic rings. The van der Waals surface area contributed by atoms with Crippen molar-refractivity contribution in [2.75, 3.05) is 6.61 Å². The van der Waals surface area contributed by atoms with Crippen molar-refractivity contribution < 1.29 is 5.11 Å². The van der Waals surface area contributed by atoms with E-state index < -0.39 is 0 Å². The summed E-state index contributed by atoms with van der Waals surface area (Å²) in [4.78, 5) is 0. The van der Waals surface area contributed by atoms with Crippen LogP contribution in [-0.2, 0) is 0 Å². The fraction of sp³-hybridized carbons (Fsp3) is 0.684. The summed E-state index contributed by atoms with van der Waals surface area (Å²) >= 11 is 0. The highest BCUT2D eigenvalue weighted by molar-refractivity contribution is 5.19. The molecule has 0 bridgehead atoms. The zero-order valence-electron chi connectivity index (χ0n) is 13.8. The van der Waals surface area contributed by atoms with E-state index in [1.807, 2.05) is 0 Å². The summed E-state index contributed by atoms with van der Waals surface area (Å²) in [6, 6.07) is 11.6. The van der Waals surface area contributed by atoms with E-state index in [1.165, 1.54) is 24.8 Å². The van der Waals surface area contributed by atoms with Crippen molar-refractivity contribution in [3.8, 4) is 0 Å². The lowest BCUT2D eigenvalue weighted by Gasteiger charge is -2.36. The average Bonchev–Trinajstić information content (AvgIpc) is 2.47. The van der Waals surface area contributed by atoms with Gasteiger partial charge in [0.15, 0.2) is 0 Å². The molecule has 0 aliphatic heterocycles. The Kier molecular flexibility index (Phi) is 5.83. The third-order valence-electron chi connectivity index (χ3n) is 4.58. The molecule has 2 rings (SSSR count). The Morgan fingerprint density at radius 2 is 1.81 bits per heavy atom. The molecule has 0 radical (unpaired) electrons. The molecule has 1 aliphatic carbocycles. The monoisotopic (exact) mass is 289 g/mol. The summed E-state index contributed by atoms with van der Waals surface area (Å²) in [5, 5.41) is 13.5. The van der Waals surface area contributed by atoms with Gasteiger partial charge in [0.05, 0.1) is 0 Å². The third-order valence-corrected chi connectivity index (χ3v) is 4.58. The number of nitrogens with one attached hydrogen (secondary N) is 1. The van der Waals surface area contributed by atoms with Gasteiger partial charge < -0.3 is 10.4 Å². The minimum Gasteiger partial charge on any atom is -0.396 e. The van der Waals surface area contributed by atoms with Crippen LogP contribution in [0, 0.1) is 11.3 Å². The highest BCUT2D eigenvalue weighted by atomic mass is 16.3. The second-order valence-corrected chi connectivity index (χ2v) is 7.73. The molecule has 2 N–H and O–H groups in total. The van der Waals surface area contributed by atoms with Crippen LogP contribution in [0.15, 0.2) is 30.3 Å². The molecular weight excluding hydrogens is 258 g/mol. The van der Waals surface area contributed by atoms with Crippen LogP contribution in [0.1, 0.15) is 64.5 Å². The lowest BCUT2D eigenvalue weighted by molar-refractivity contribution is 0.139. The number of aliphatic hydroxyl groups is 1. The van der Waals surface area contributed by atoms with Crippen LogP contribution in [0.3, 0.4) is 0 Å². The van der Waals surface area contributed by atoms with Crippen LogP contribution in [-0.4, -0.2) is 17.8 Å². The van der Waals surface area contributed by atoms with Gasteiger partial charge in [-0.2, -0.15) is 0 Å². The SMILES string of the molecule is CC(C)(C)CC(NC1CCCCC1CO)c1ccccc1. The second kappa shape index (κ2) is 7.42. The Bertz CT molecular complexity index is 409. The molecule has 0 spiro atoms. The van der Waals surface area contributed by atoms with E-state index in [4.69, 9.17) is 0 Å². The van der Waals surface area contributed by atoms with Crippen molar-refractivity contribution >= 4 is 0 Å². The zero-order valence-corrected chi connectivity index (χ0v) is 13.8. The van der Waals surface area contributed by atoms with Crippen molar-refractivity contribution in [1.29, 1.82) is 0 Å². The van der Waals surface area contributed by atoms with E-state index >= 15 is 0 Å². The molecule has 118 valence electrons. The molecule has 0 heterocycles. The smallest absolute Gasteiger partial charge is 0.0474 e. The van der Waals surface area contributed by atoms with Crippen LogP contribution in [0.4, 0.5) is 0 Å². The van der Waals surface area contributed by atoms with Crippen molar-refractivity contribution in [2.24, 2.45) is 11.3 Å². The predicted octanol–water partition coefficient (Wildman–Crippen LogP) is 4.30. The molecule has 1 fully saturated rings. The van der Waals surface area contributed by atoms with Gasteiger partial charge in [-0.15, -0.1) is 0 Å². The van der Waals surface area contributed by atoms with Crippen LogP contribution in [0.5, 0.6) is 0 Å². The van der Waals surface area contributed by atoms with Gasteiger partial charge in [-0.05, 0) is 36.2 Å². The number of benzene rings is 1. The Balaban J connectivity index is 2.11. The van der Waals surface area contributed by atoms with Gasteiger partial charge in [0.1, 0.15) is 0 Å². The maximum absolute atomic E-state index is 9.64. The molecule has 1 saturated carbocycles. The van der Waals surface area contributed by atoms with E-state index in [1.54, 1.807) is 0 Å². The second-order valence-electron chi connectivity index (χ2n) is 7.73. The predicted molar refractivity (Wildman–Crippen MR) is 89.2 cm³/mol. The lowest BCUT2D eigenvalue weighted by atomic mass is 9.81. The maximum atomic E-state index is 9.64. The number of hydrogen-bond acceptors (Lipinski definition) is 2. The molecule has 1 aromatic carbocycles. The normalized spacial score (nSPS) is 24.8. The van der Waals surface area contributed by atoms with Crippen molar-refractivity contribution in [1.82, 2.24) is 5.32 Å². The minimum atomic E-state index is 0.289. The quantitative estimate of drug-likeness (QED) is 0.847. The standard InChI is InChI=1S/C19H31NO/c1-19(2,3)13-18(15-9-5-4-6-10-15)20-17-12-8-7-11-16(17)14-21/h4-6,9-10,16-18,20-21H,7-8,11-14H2,1-3H3. The summed E-state index contributed by atoms with van der Waals surface area (Å²) in [6.07, 6.45) is 6.01. The maximum Gasteiger partial charge on any atom is 0.0474 e. The van der Waals surface area contributed by atoms with E-state index in [0.717, 1.165) is 12.8 Å². The van der Waals surface area contributed by atoms with E-state index in [-0.39, 0.29) is 5.41 Å². The topological polar surface area (TPSA) is 32.3 Å². The summed E-state index contributed by atoms with van der Waals surface area (Å²) in [5.74, 6) is 0.421. The Morgan fingerprint density at radius 1 is 1.14 bits per heavy atom. The molecule has 3 unspecified atom stereocenters. The lowest BCUT2D eigenvalue weighted by Crippen LogP contribution is -2.43. The Labute approximate surface area is 130 Å². The van der Waals surface area contributed by atoms with Crippen molar-refractivity contribution in [3.05, 3.63) is 35.9 Å². The molecule has 2 heteroatoms. The van der Waals surface area contributed by atoms with Gasteiger partial charge in [0, 0.05) is 18.7 Å². The zero-order chi connectivity index (χ0) is 15.3. The fourth-order valence-electron chi connectivity index (χ4n) is 3.47. The molecule has 0 saturated heterocycles. The third kappa shape index (κ3) is 5.12. The van der Waals surface area contributed by atoms with Crippen molar-refractivity contribution in [2.45, 2.75) is 65.0 Å². The molecule has 3 atom stereocenters. The molecule has 2 nitrogen and oxygen atoms in total. The van der Waals surface area contributed by atoms with Gasteiger partial charge in [0.2, 0.25) is 0 Å². The van der Waals surface area contributed by atoms with Gasteiger partial charge >= 0.3 is 0 Å². The van der Waals surface area contributed by atoms with Crippen LogP contribution in [0.25, 0.3) is 0 Å². The van der Waals surface area contributed by atoms with Crippen LogP contribution >= 0.6 is 0 Å². The minimum absolute atomic E-state index is 0.289. The van der Waals surface area contributed by atoms with E-state index in [0.29, 0.717) is 24.6 Å². The Morgan fingerprint density at radius 3 is 2.43 bits per heavy atom. The molecule has 1 aromatic rings. The first-order valence-corrected chi connectivity index (χ1v) is 8.41. The first-order valence-electron chi connectivity index (χ1n) is 8.41.